The largest absolute Gasteiger partial charge is 0.492 e. The van der Waals surface area contributed by atoms with Gasteiger partial charge in [-0.1, -0.05) is 24.1 Å². The first kappa shape index (κ1) is 13.3. The number of aryl methyl sites for hydroxylation is 1. The minimum atomic E-state index is 0.282. The number of rotatable bonds is 7. The van der Waals surface area contributed by atoms with Gasteiger partial charge in [0.2, 0.25) is 0 Å². The molecular weight excluding hydrogens is 224 g/mol. The van der Waals surface area contributed by atoms with Crippen molar-refractivity contribution in [3.63, 3.8) is 0 Å². The summed E-state index contributed by atoms with van der Waals surface area (Å²) in [7, 11) is 0. The van der Waals surface area contributed by atoms with Crippen molar-refractivity contribution in [1.29, 1.82) is 0 Å². The molecule has 16 heavy (non-hydrogen) atoms. The predicted octanol–water partition coefficient (Wildman–Crippen LogP) is 3.58. The van der Waals surface area contributed by atoms with E-state index in [9.17, 15) is 0 Å². The quantitative estimate of drug-likeness (QED) is 0.741. The lowest BCUT2D eigenvalue weighted by Gasteiger charge is -2.08. The third-order valence-corrected chi connectivity index (χ3v) is 2.69. The molecule has 0 aliphatic carbocycles. The molecule has 0 bridgehead atoms. The van der Waals surface area contributed by atoms with Gasteiger partial charge in [0.25, 0.3) is 0 Å². The molecule has 1 rings (SSSR count). The Morgan fingerprint density at radius 1 is 1.19 bits per heavy atom. The fraction of sp³-hybridized carbons (Fsp3) is 0.538. The highest BCUT2D eigenvalue weighted by molar-refractivity contribution is 6.32. The fourth-order valence-corrected chi connectivity index (χ4v) is 1.76. The summed E-state index contributed by atoms with van der Waals surface area (Å²) in [5, 5.41) is 9.29. The van der Waals surface area contributed by atoms with Crippen LogP contribution >= 0.6 is 11.6 Å². The van der Waals surface area contributed by atoms with E-state index in [0.29, 0.717) is 11.6 Å². The van der Waals surface area contributed by atoms with Crippen LogP contribution in [-0.2, 0) is 0 Å². The number of ether oxygens (including phenoxy) is 1. The Hall–Kier alpha value is -0.730. The van der Waals surface area contributed by atoms with Gasteiger partial charge in [-0.25, -0.2) is 0 Å². The summed E-state index contributed by atoms with van der Waals surface area (Å²) < 4.78 is 5.58. The lowest BCUT2D eigenvalue weighted by atomic mass is 10.2. The molecule has 90 valence electrons. The maximum Gasteiger partial charge on any atom is 0.137 e. The van der Waals surface area contributed by atoms with Gasteiger partial charge in [-0.3, -0.25) is 0 Å². The summed E-state index contributed by atoms with van der Waals surface area (Å²) in [6.45, 7) is 2.98. The average molecular weight is 243 g/mol. The highest BCUT2D eigenvalue weighted by atomic mass is 35.5. The smallest absolute Gasteiger partial charge is 0.137 e. The maximum atomic E-state index is 8.61. The number of hydrogen-bond acceptors (Lipinski definition) is 2. The zero-order valence-electron chi connectivity index (χ0n) is 9.71. The third-order valence-electron chi connectivity index (χ3n) is 2.40. The van der Waals surface area contributed by atoms with Crippen LogP contribution in [-0.4, -0.2) is 18.3 Å². The Labute approximate surface area is 102 Å². The van der Waals surface area contributed by atoms with E-state index in [1.807, 2.05) is 25.1 Å². The van der Waals surface area contributed by atoms with E-state index in [1.54, 1.807) is 0 Å². The first-order chi connectivity index (χ1) is 7.74. The lowest BCUT2D eigenvalue weighted by molar-refractivity contribution is 0.273. The Morgan fingerprint density at radius 2 is 1.94 bits per heavy atom. The monoisotopic (exact) mass is 242 g/mol. The molecule has 1 N–H and O–H groups in total. The zero-order chi connectivity index (χ0) is 11.8. The molecule has 0 atom stereocenters. The average Bonchev–Trinajstić information content (AvgIpc) is 2.26. The molecular formula is C13H19ClO2. The van der Waals surface area contributed by atoms with Crippen LogP contribution in [0.3, 0.4) is 0 Å². The van der Waals surface area contributed by atoms with Crippen LogP contribution in [0, 0.1) is 6.92 Å². The number of halogens is 1. The molecule has 2 nitrogen and oxygen atoms in total. The Kier molecular flexibility index (Phi) is 6.27. The van der Waals surface area contributed by atoms with Gasteiger partial charge in [0.1, 0.15) is 5.75 Å². The maximum absolute atomic E-state index is 8.61. The summed E-state index contributed by atoms with van der Waals surface area (Å²) in [6.07, 6.45) is 4.03. The molecule has 1 aromatic rings. The molecule has 0 saturated carbocycles. The van der Waals surface area contributed by atoms with Gasteiger partial charge in [-0.05, 0) is 43.9 Å². The highest BCUT2D eigenvalue weighted by Gasteiger charge is 2.00. The van der Waals surface area contributed by atoms with Gasteiger partial charge in [0.15, 0.2) is 0 Å². The number of benzene rings is 1. The Balaban J connectivity index is 2.21. The topological polar surface area (TPSA) is 29.5 Å². The number of aliphatic hydroxyl groups excluding tert-OH is 1. The number of unbranched alkanes of at least 4 members (excludes halogenated alkanes) is 3. The highest BCUT2D eigenvalue weighted by Crippen LogP contribution is 2.25. The van der Waals surface area contributed by atoms with Crippen LogP contribution in [0.1, 0.15) is 31.2 Å². The van der Waals surface area contributed by atoms with Gasteiger partial charge < -0.3 is 9.84 Å². The summed E-state index contributed by atoms with van der Waals surface area (Å²) in [4.78, 5) is 0. The van der Waals surface area contributed by atoms with Crippen molar-refractivity contribution in [2.45, 2.75) is 32.6 Å². The van der Waals surface area contributed by atoms with Crippen LogP contribution in [0.15, 0.2) is 18.2 Å². The van der Waals surface area contributed by atoms with Crippen molar-refractivity contribution in [3.05, 3.63) is 28.8 Å². The van der Waals surface area contributed by atoms with Crippen molar-refractivity contribution in [3.8, 4) is 5.75 Å². The molecule has 0 aliphatic rings. The van der Waals surface area contributed by atoms with E-state index in [1.165, 1.54) is 0 Å². The minimum absolute atomic E-state index is 0.282. The lowest BCUT2D eigenvalue weighted by Crippen LogP contribution is -1.98. The molecule has 0 aliphatic heterocycles. The van der Waals surface area contributed by atoms with Crippen molar-refractivity contribution in [1.82, 2.24) is 0 Å². The van der Waals surface area contributed by atoms with Gasteiger partial charge in [0.05, 0.1) is 11.6 Å². The van der Waals surface area contributed by atoms with Crippen molar-refractivity contribution in [2.24, 2.45) is 0 Å². The second-order valence-corrected chi connectivity index (χ2v) is 4.33. The first-order valence-corrected chi connectivity index (χ1v) is 6.11. The molecule has 0 spiro atoms. The van der Waals surface area contributed by atoms with E-state index in [4.69, 9.17) is 21.4 Å². The molecule has 0 radical (unpaired) electrons. The van der Waals surface area contributed by atoms with E-state index in [-0.39, 0.29) is 6.61 Å². The Morgan fingerprint density at radius 3 is 2.62 bits per heavy atom. The van der Waals surface area contributed by atoms with E-state index in [2.05, 4.69) is 0 Å². The van der Waals surface area contributed by atoms with Gasteiger partial charge >= 0.3 is 0 Å². The molecule has 1 aromatic carbocycles. The van der Waals surface area contributed by atoms with E-state index < -0.39 is 0 Å². The third kappa shape index (κ3) is 4.86. The van der Waals surface area contributed by atoms with Crippen molar-refractivity contribution >= 4 is 11.6 Å². The summed E-state index contributed by atoms with van der Waals surface area (Å²) in [5.74, 6) is 0.759. The standard InChI is InChI=1S/C13H19ClO2/c1-11-6-7-13(12(14)10-11)16-9-5-3-2-4-8-15/h6-7,10,15H,2-5,8-9H2,1H3. The predicted molar refractivity (Wildman–Crippen MR) is 67.2 cm³/mol. The van der Waals surface area contributed by atoms with E-state index in [0.717, 1.165) is 37.0 Å². The van der Waals surface area contributed by atoms with Crippen LogP contribution in [0.2, 0.25) is 5.02 Å². The van der Waals surface area contributed by atoms with Crippen LogP contribution < -0.4 is 4.74 Å². The second kappa shape index (κ2) is 7.53. The molecule has 0 saturated heterocycles. The van der Waals surface area contributed by atoms with Gasteiger partial charge in [-0.2, -0.15) is 0 Å². The number of aliphatic hydroxyl groups is 1. The zero-order valence-corrected chi connectivity index (χ0v) is 10.5. The fourth-order valence-electron chi connectivity index (χ4n) is 1.47. The normalized spacial score (nSPS) is 10.4. The minimum Gasteiger partial charge on any atom is -0.492 e. The second-order valence-electron chi connectivity index (χ2n) is 3.92. The molecule has 0 heterocycles. The molecule has 0 amide bonds. The van der Waals surface area contributed by atoms with Gasteiger partial charge in [0, 0.05) is 6.61 Å². The summed E-state index contributed by atoms with van der Waals surface area (Å²) in [6, 6.07) is 5.81. The molecule has 0 aromatic heterocycles. The van der Waals surface area contributed by atoms with Crippen molar-refractivity contribution in [2.75, 3.05) is 13.2 Å². The van der Waals surface area contributed by atoms with Crippen LogP contribution in [0.25, 0.3) is 0 Å². The molecule has 0 fully saturated rings. The van der Waals surface area contributed by atoms with Crippen molar-refractivity contribution < 1.29 is 9.84 Å². The van der Waals surface area contributed by atoms with Crippen LogP contribution in [0.5, 0.6) is 5.75 Å². The number of hydrogen-bond donors (Lipinski definition) is 1. The van der Waals surface area contributed by atoms with Gasteiger partial charge in [-0.15, -0.1) is 0 Å². The summed E-state index contributed by atoms with van der Waals surface area (Å²) >= 11 is 6.03. The van der Waals surface area contributed by atoms with E-state index >= 15 is 0 Å². The first-order valence-electron chi connectivity index (χ1n) is 5.74. The Bertz CT molecular complexity index is 313. The summed E-state index contributed by atoms with van der Waals surface area (Å²) in [5.41, 5.74) is 1.14. The SMILES string of the molecule is Cc1ccc(OCCCCCCO)c(Cl)c1. The van der Waals surface area contributed by atoms with Crippen LogP contribution in [0.4, 0.5) is 0 Å². The molecule has 0 unspecified atom stereocenters. The molecule has 3 heteroatoms.